The van der Waals surface area contributed by atoms with Gasteiger partial charge < -0.3 is 15.5 Å². The number of sulfonamides is 1. The van der Waals surface area contributed by atoms with Crippen molar-refractivity contribution in [1.82, 2.24) is 9.62 Å². The Hall–Kier alpha value is -1.35. The molecule has 2 atom stereocenters. The Morgan fingerprint density at radius 2 is 1.92 bits per heavy atom. The van der Waals surface area contributed by atoms with E-state index in [1.54, 1.807) is 0 Å². The van der Waals surface area contributed by atoms with E-state index in [-0.39, 0.29) is 30.5 Å². The zero-order chi connectivity index (χ0) is 18.3. The van der Waals surface area contributed by atoms with E-state index in [9.17, 15) is 18.3 Å². The second kappa shape index (κ2) is 9.22. The lowest BCUT2D eigenvalue weighted by Crippen LogP contribution is -2.48. The van der Waals surface area contributed by atoms with Crippen molar-refractivity contribution in [1.29, 1.82) is 0 Å². The summed E-state index contributed by atoms with van der Waals surface area (Å²) in [6.07, 6.45) is -0.563. The Morgan fingerprint density at radius 1 is 1.33 bits per heavy atom. The van der Waals surface area contributed by atoms with Gasteiger partial charge in [0.1, 0.15) is 0 Å². The maximum atomic E-state index is 12.9. The SMILES string of the molecule is CC[C@H](C)[C@@H](CO)N(CCNC(=O)O)S(=O)(=O)c1ccc(Cl)cc1. The minimum absolute atomic E-state index is 0.0454. The minimum Gasteiger partial charge on any atom is -0.465 e. The van der Waals surface area contributed by atoms with Crippen LogP contribution in [0, 0.1) is 5.92 Å². The number of nitrogens with zero attached hydrogens (tertiary/aromatic N) is 1. The number of nitrogens with one attached hydrogen (secondary N) is 1. The number of benzene rings is 1. The Kier molecular flexibility index (Phi) is 7.95. The fourth-order valence-electron chi connectivity index (χ4n) is 2.31. The summed E-state index contributed by atoms with van der Waals surface area (Å²) < 4.78 is 27.0. The van der Waals surface area contributed by atoms with Crippen LogP contribution in [0.2, 0.25) is 5.02 Å². The van der Waals surface area contributed by atoms with Crippen molar-refractivity contribution >= 4 is 27.7 Å². The molecule has 3 N–H and O–H groups in total. The van der Waals surface area contributed by atoms with Gasteiger partial charge in [-0.25, -0.2) is 13.2 Å². The van der Waals surface area contributed by atoms with Gasteiger partial charge in [-0.3, -0.25) is 0 Å². The summed E-state index contributed by atoms with van der Waals surface area (Å²) in [6, 6.07) is 5.07. The van der Waals surface area contributed by atoms with E-state index in [1.807, 2.05) is 13.8 Å². The smallest absolute Gasteiger partial charge is 0.404 e. The van der Waals surface area contributed by atoms with Gasteiger partial charge in [0.05, 0.1) is 17.5 Å². The summed E-state index contributed by atoms with van der Waals surface area (Å²) in [5.41, 5.74) is 0. The first kappa shape index (κ1) is 20.7. The lowest BCUT2D eigenvalue weighted by atomic mass is 10.00. The molecule has 1 amide bonds. The van der Waals surface area contributed by atoms with Crippen molar-refractivity contribution in [2.45, 2.75) is 31.2 Å². The highest BCUT2D eigenvalue weighted by Gasteiger charge is 2.33. The number of amides is 1. The van der Waals surface area contributed by atoms with Gasteiger partial charge in [-0.05, 0) is 30.2 Å². The van der Waals surface area contributed by atoms with E-state index in [0.717, 1.165) is 4.31 Å². The van der Waals surface area contributed by atoms with E-state index in [1.165, 1.54) is 24.3 Å². The van der Waals surface area contributed by atoms with Crippen molar-refractivity contribution in [3.63, 3.8) is 0 Å². The summed E-state index contributed by atoms with van der Waals surface area (Å²) in [5.74, 6) is -0.0955. The lowest BCUT2D eigenvalue weighted by Gasteiger charge is -2.33. The molecule has 0 spiro atoms. The van der Waals surface area contributed by atoms with Crippen LogP contribution in [0.3, 0.4) is 0 Å². The van der Waals surface area contributed by atoms with Crippen LogP contribution >= 0.6 is 11.6 Å². The number of rotatable bonds is 9. The number of hydrogen-bond acceptors (Lipinski definition) is 4. The third kappa shape index (κ3) is 5.34. The van der Waals surface area contributed by atoms with Crippen LogP contribution in [-0.2, 0) is 10.0 Å². The average Bonchev–Trinajstić information content (AvgIpc) is 2.53. The maximum absolute atomic E-state index is 12.9. The summed E-state index contributed by atoms with van der Waals surface area (Å²) in [6.45, 7) is 3.24. The number of aliphatic hydroxyl groups excluding tert-OH is 1. The van der Waals surface area contributed by atoms with Crippen LogP contribution in [0.25, 0.3) is 0 Å². The quantitative estimate of drug-likeness (QED) is 0.609. The maximum Gasteiger partial charge on any atom is 0.404 e. The second-order valence-electron chi connectivity index (χ2n) is 5.44. The van der Waals surface area contributed by atoms with Gasteiger partial charge in [0, 0.05) is 18.1 Å². The van der Waals surface area contributed by atoms with Crippen LogP contribution in [-0.4, -0.2) is 54.8 Å². The molecule has 9 heteroatoms. The van der Waals surface area contributed by atoms with Crippen molar-refractivity contribution in [2.75, 3.05) is 19.7 Å². The molecule has 136 valence electrons. The van der Waals surface area contributed by atoms with E-state index in [4.69, 9.17) is 16.7 Å². The van der Waals surface area contributed by atoms with Gasteiger partial charge in [0.25, 0.3) is 0 Å². The van der Waals surface area contributed by atoms with Gasteiger partial charge in [-0.2, -0.15) is 4.31 Å². The molecule has 1 aromatic carbocycles. The van der Waals surface area contributed by atoms with Gasteiger partial charge in [0.2, 0.25) is 10.0 Å². The average molecular weight is 379 g/mol. The zero-order valence-electron chi connectivity index (χ0n) is 13.6. The fraction of sp³-hybridized carbons (Fsp3) is 0.533. The summed E-state index contributed by atoms with van der Waals surface area (Å²) >= 11 is 5.80. The van der Waals surface area contributed by atoms with Gasteiger partial charge in [-0.15, -0.1) is 0 Å². The topological polar surface area (TPSA) is 107 Å². The largest absolute Gasteiger partial charge is 0.465 e. The van der Waals surface area contributed by atoms with E-state index < -0.39 is 22.2 Å². The molecule has 24 heavy (non-hydrogen) atoms. The number of carbonyl (C=O) groups is 1. The van der Waals surface area contributed by atoms with Crippen LogP contribution in [0.1, 0.15) is 20.3 Å². The predicted octanol–water partition coefficient (Wildman–Crippen LogP) is 2.01. The first-order valence-electron chi connectivity index (χ1n) is 7.59. The highest BCUT2D eigenvalue weighted by molar-refractivity contribution is 7.89. The third-order valence-corrected chi connectivity index (χ3v) is 6.08. The van der Waals surface area contributed by atoms with E-state index >= 15 is 0 Å². The predicted molar refractivity (Wildman–Crippen MR) is 91.7 cm³/mol. The number of aliphatic hydroxyl groups is 1. The van der Waals surface area contributed by atoms with Gasteiger partial charge in [0.15, 0.2) is 0 Å². The molecule has 0 saturated heterocycles. The minimum atomic E-state index is -3.90. The van der Waals surface area contributed by atoms with Crippen molar-refractivity contribution < 1.29 is 23.4 Å². The van der Waals surface area contributed by atoms with Crippen LogP contribution < -0.4 is 5.32 Å². The van der Waals surface area contributed by atoms with Crippen LogP contribution in [0.4, 0.5) is 4.79 Å². The Labute approximate surface area is 147 Å². The number of carboxylic acid groups (broad SMARTS) is 1. The molecular formula is C15H23ClN2O5S. The van der Waals surface area contributed by atoms with Crippen LogP contribution in [0.15, 0.2) is 29.2 Å². The fourth-order valence-corrected chi connectivity index (χ4v) is 4.15. The standard InChI is InChI=1S/C15H23ClN2O5S/c1-3-11(2)14(10-19)18(9-8-17-15(20)21)24(22,23)13-6-4-12(16)5-7-13/h4-7,11,14,17,19H,3,8-10H2,1-2H3,(H,20,21)/t11-,14+/m0/s1. The highest BCUT2D eigenvalue weighted by Crippen LogP contribution is 2.24. The summed E-state index contributed by atoms with van der Waals surface area (Å²) in [5, 5.41) is 20.9. The summed E-state index contributed by atoms with van der Waals surface area (Å²) in [7, 11) is -3.90. The molecule has 0 radical (unpaired) electrons. The number of hydrogen-bond donors (Lipinski definition) is 3. The first-order valence-corrected chi connectivity index (χ1v) is 9.40. The Bertz CT molecular complexity index is 636. The van der Waals surface area contributed by atoms with E-state index in [2.05, 4.69) is 5.32 Å². The molecule has 0 bridgehead atoms. The molecule has 0 heterocycles. The summed E-state index contributed by atoms with van der Waals surface area (Å²) in [4.78, 5) is 10.7. The Balaban J connectivity index is 3.18. The van der Waals surface area contributed by atoms with Crippen molar-refractivity contribution in [2.24, 2.45) is 5.92 Å². The molecular weight excluding hydrogens is 356 g/mol. The molecule has 0 aliphatic heterocycles. The monoisotopic (exact) mass is 378 g/mol. The third-order valence-electron chi connectivity index (χ3n) is 3.89. The number of halogens is 1. The lowest BCUT2D eigenvalue weighted by molar-refractivity contribution is 0.142. The molecule has 1 aromatic rings. The molecule has 0 aliphatic rings. The second-order valence-corrected chi connectivity index (χ2v) is 7.76. The highest BCUT2D eigenvalue weighted by atomic mass is 35.5. The molecule has 0 saturated carbocycles. The molecule has 1 rings (SSSR count). The van der Waals surface area contributed by atoms with Crippen molar-refractivity contribution in [3.8, 4) is 0 Å². The van der Waals surface area contributed by atoms with Gasteiger partial charge >= 0.3 is 6.09 Å². The molecule has 7 nitrogen and oxygen atoms in total. The molecule has 0 aromatic heterocycles. The van der Waals surface area contributed by atoms with Crippen LogP contribution in [0.5, 0.6) is 0 Å². The first-order chi connectivity index (χ1) is 11.2. The van der Waals surface area contributed by atoms with Crippen molar-refractivity contribution in [3.05, 3.63) is 29.3 Å². The Morgan fingerprint density at radius 3 is 2.38 bits per heavy atom. The van der Waals surface area contributed by atoms with E-state index in [0.29, 0.717) is 11.4 Å². The zero-order valence-corrected chi connectivity index (χ0v) is 15.2. The molecule has 0 unspecified atom stereocenters. The molecule has 0 fully saturated rings. The molecule has 0 aliphatic carbocycles. The van der Waals surface area contributed by atoms with Gasteiger partial charge in [-0.1, -0.05) is 31.9 Å². The normalized spacial score (nSPS) is 14.4.